The van der Waals surface area contributed by atoms with Crippen molar-refractivity contribution in [3.05, 3.63) is 68.4 Å². The van der Waals surface area contributed by atoms with E-state index in [0.717, 1.165) is 4.57 Å². The Bertz CT molecular complexity index is 2170. The molecular formula is C24H38N4O26P6. The molecule has 2 heterocycles. The monoisotopic (exact) mass is 984 g/mol. The van der Waals surface area contributed by atoms with Crippen molar-refractivity contribution in [1.29, 1.82) is 0 Å². The number of ether oxygens (including phenoxy) is 2. The van der Waals surface area contributed by atoms with Gasteiger partial charge in [0.2, 0.25) is 0 Å². The maximum atomic E-state index is 12.3. The number of unbranched alkanes of at least 4 members (excludes halogenated alkanes) is 3. The molecule has 340 valence electrons. The van der Waals surface area contributed by atoms with Crippen molar-refractivity contribution in [2.45, 2.75) is 64.1 Å². The van der Waals surface area contributed by atoms with Crippen LogP contribution in [0.3, 0.4) is 0 Å². The lowest BCUT2D eigenvalue weighted by Gasteiger charge is -2.21. The van der Waals surface area contributed by atoms with Gasteiger partial charge in [-0.2, -0.15) is 26.5 Å². The molecule has 1 aliphatic rings. The molecule has 30 nitrogen and oxygen atoms in total. The van der Waals surface area contributed by atoms with Gasteiger partial charge < -0.3 is 49.3 Å². The highest BCUT2D eigenvalue weighted by atomic mass is 31.3. The van der Waals surface area contributed by atoms with Crippen molar-refractivity contribution in [2.75, 3.05) is 19.8 Å². The Morgan fingerprint density at radius 2 is 1.35 bits per heavy atom. The Hall–Kier alpha value is -2.45. The highest BCUT2D eigenvalue weighted by Crippen LogP contribution is 2.75. The van der Waals surface area contributed by atoms with Crippen molar-refractivity contribution >= 4 is 58.7 Å². The van der Waals surface area contributed by atoms with E-state index in [-0.39, 0.29) is 31.7 Å². The predicted molar refractivity (Wildman–Crippen MR) is 194 cm³/mol. The Labute approximate surface area is 337 Å². The van der Waals surface area contributed by atoms with E-state index in [1.807, 2.05) is 0 Å². The topological polar surface area (TPSA) is 434 Å². The maximum absolute atomic E-state index is 12.3. The number of phosphoric ester groups is 2. The highest BCUT2D eigenvalue weighted by Gasteiger charge is 2.50. The van der Waals surface area contributed by atoms with Crippen LogP contribution in [0.25, 0.3) is 0 Å². The zero-order chi connectivity index (χ0) is 45.2. The minimum Gasteiger partial charge on any atom is -0.445 e. The standard InChI is InChI=1S/C24H38N4O26P6/c1-17-10-12-27(23(30)26-17)22-14-20(29)21(49-22)16-48-56(36,37)51-58(40,41)53-60(44,45)54-59(42,43)52-57(38,39)50-55(34,35)47-13-5-3-2-4-11-25-24(31)46-15-18-6-8-19(9-7-18)28(32)33/h6-10,12,20-22,29H,2-5,11,13-16H2,1H3,(H,25,31)(H,34,35)(H,36,37)(H,38,39)(H,40,41)(H,42,43)(H,44,45)/t20-,21-,22-/m1/s1. The first-order valence-electron chi connectivity index (χ1n) is 16.4. The number of carbonyl (C=O) groups is 1. The van der Waals surface area contributed by atoms with Crippen LogP contribution >= 0.6 is 46.9 Å². The zero-order valence-electron chi connectivity index (χ0n) is 30.5. The number of phosphoric acid groups is 6. The Morgan fingerprint density at radius 3 is 1.88 bits per heavy atom. The number of aliphatic hydroxyl groups is 1. The van der Waals surface area contributed by atoms with Gasteiger partial charge in [-0.3, -0.25) is 23.7 Å². The molecule has 0 bridgehead atoms. The van der Waals surface area contributed by atoms with Gasteiger partial charge in [0.1, 0.15) is 18.9 Å². The second-order valence-electron chi connectivity index (χ2n) is 11.9. The van der Waals surface area contributed by atoms with Crippen molar-refractivity contribution < 1.29 is 112 Å². The van der Waals surface area contributed by atoms with E-state index in [1.54, 1.807) is 0 Å². The quantitative estimate of drug-likeness (QED) is 0.0306. The van der Waals surface area contributed by atoms with Crippen LogP contribution in [-0.4, -0.2) is 87.0 Å². The first-order chi connectivity index (χ1) is 27.6. The van der Waals surface area contributed by atoms with E-state index in [9.17, 15) is 81.6 Å². The number of benzene rings is 1. The molecule has 1 amide bonds. The minimum absolute atomic E-state index is 0.0159. The van der Waals surface area contributed by atoms with Crippen LogP contribution in [0, 0.1) is 17.0 Å². The van der Waals surface area contributed by atoms with E-state index >= 15 is 0 Å². The average Bonchev–Trinajstić information content (AvgIpc) is 3.44. The van der Waals surface area contributed by atoms with Gasteiger partial charge in [-0.25, -0.2) is 37.0 Å². The zero-order valence-corrected chi connectivity index (χ0v) is 35.8. The molecule has 0 aliphatic carbocycles. The van der Waals surface area contributed by atoms with Gasteiger partial charge >= 0.3 is 58.7 Å². The number of nitro benzene ring substituents is 1. The largest absolute Gasteiger partial charge is 0.490 e. The number of carbonyl (C=O) groups excluding carboxylic acids is 1. The third-order valence-corrected chi connectivity index (χ3v) is 16.3. The van der Waals surface area contributed by atoms with Crippen LogP contribution < -0.4 is 11.0 Å². The maximum Gasteiger partial charge on any atom is 0.490 e. The molecule has 1 fully saturated rings. The highest BCUT2D eigenvalue weighted by molar-refractivity contribution is 7.72. The van der Waals surface area contributed by atoms with E-state index in [0.29, 0.717) is 30.5 Å². The van der Waals surface area contributed by atoms with Crippen molar-refractivity contribution in [3.8, 4) is 0 Å². The number of hydrogen-bond donors (Lipinski definition) is 8. The number of aromatic nitrogens is 2. The summed E-state index contributed by atoms with van der Waals surface area (Å²) in [5, 5.41) is 23.3. The third-order valence-electron chi connectivity index (χ3n) is 7.03. The predicted octanol–water partition coefficient (Wildman–Crippen LogP) is 3.31. The molecule has 9 atom stereocenters. The minimum atomic E-state index is -6.49. The fraction of sp³-hybridized carbons (Fsp3) is 0.542. The van der Waals surface area contributed by atoms with Gasteiger partial charge in [-0.1, -0.05) is 12.8 Å². The van der Waals surface area contributed by atoms with E-state index in [1.165, 1.54) is 43.5 Å². The summed E-state index contributed by atoms with van der Waals surface area (Å²) >= 11 is 0. The summed E-state index contributed by atoms with van der Waals surface area (Å²) in [6, 6.07) is 6.75. The molecule has 0 radical (unpaired) electrons. The summed E-state index contributed by atoms with van der Waals surface area (Å²) in [7, 11) is -36.9. The molecule has 6 unspecified atom stereocenters. The van der Waals surface area contributed by atoms with Crippen molar-refractivity contribution in [3.63, 3.8) is 0 Å². The summed E-state index contributed by atoms with van der Waals surface area (Å²) in [6.07, 6.45) is -2.67. The Kier molecular flexibility index (Phi) is 18.8. The number of hydrogen-bond acceptors (Lipinski definition) is 21. The number of rotatable bonds is 25. The first kappa shape index (κ1) is 51.9. The lowest BCUT2D eigenvalue weighted by atomic mass is 10.2. The number of non-ortho nitro benzene ring substituents is 1. The molecule has 3 rings (SSSR count). The Morgan fingerprint density at radius 1 is 0.833 bits per heavy atom. The summed E-state index contributed by atoms with van der Waals surface area (Å²) in [4.78, 5) is 95.9. The lowest BCUT2D eigenvalue weighted by molar-refractivity contribution is -0.384. The van der Waals surface area contributed by atoms with Gasteiger partial charge in [-0.05, 0) is 43.5 Å². The lowest BCUT2D eigenvalue weighted by Crippen LogP contribution is -2.28. The van der Waals surface area contributed by atoms with Crippen molar-refractivity contribution in [2.24, 2.45) is 0 Å². The number of nitrogens with zero attached hydrogens (tertiary/aromatic N) is 3. The third kappa shape index (κ3) is 18.9. The molecule has 1 aliphatic heterocycles. The number of nitro groups is 1. The second-order valence-corrected chi connectivity index (χ2v) is 21.3. The summed E-state index contributed by atoms with van der Waals surface area (Å²) in [6.45, 7) is -0.159. The SMILES string of the molecule is Cc1ccn([C@H]2C[C@@H](O)[C@@H](COP(=O)(O)OP(=O)(O)OP(=O)(O)OP(=O)(O)OP(=O)(O)OP(=O)(O)OCCCCCCNC(=O)OCc3ccc([N+](=O)[O-])cc3)O2)c(=O)n1. The van der Waals surface area contributed by atoms with Gasteiger partial charge in [0, 0.05) is 37.0 Å². The number of nitrogens with one attached hydrogen (secondary N) is 1. The molecule has 0 saturated carbocycles. The van der Waals surface area contributed by atoms with Gasteiger partial charge in [0.15, 0.2) is 0 Å². The summed E-state index contributed by atoms with van der Waals surface area (Å²) in [5.74, 6) is 0. The first-order valence-corrected chi connectivity index (χ1v) is 25.4. The molecule has 1 aromatic heterocycles. The average molecular weight is 984 g/mol. The van der Waals surface area contributed by atoms with E-state index in [4.69, 9.17) is 9.47 Å². The number of aliphatic hydroxyl groups excluding tert-OH is 1. The van der Waals surface area contributed by atoms with Crippen molar-refractivity contribution in [1.82, 2.24) is 14.9 Å². The number of aryl methyl sites for hydroxylation is 1. The number of alkyl carbamates (subject to hydrolysis) is 1. The molecule has 60 heavy (non-hydrogen) atoms. The fourth-order valence-electron chi connectivity index (χ4n) is 4.54. The van der Waals surface area contributed by atoms with E-state index in [2.05, 4.69) is 40.9 Å². The number of amides is 1. The van der Waals surface area contributed by atoms with Crippen LogP contribution in [0.1, 0.15) is 49.6 Å². The molecular weight excluding hydrogens is 946 g/mol. The fourth-order valence-corrected chi connectivity index (χ4v) is 12.4. The van der Waals surface area contributed by atoms with Gasteiger partial charge in [-0.15, -0.1) is 0 Å². The van der Waals surface area contributed by atoms with Crippen LogP contribution in [0.2, 0.25) is 0 Å². The Balaban J connectivity index is 1.36. The van der Waals surface area contributed by atoms with Crippen LogP contribution in [0.15, 0.2) is 41.3 Å². The van der Waals surface area contributed by atoms with Crippen LogP contribution in [0.5, 0.6) is 0 Å². The molecule has 1 aromatic carbocycles. The normalized spacial score (nSPS) is 22.8. The van der Waals surface area contributed by atoms with Gasteiger partial charge in [0.25, 0.3) is 5.69 Å². The van der Waals surface area contributed by atoms with E-state index < -0.39 is 95.3 Å². The molecule has 0 spiro atoms. The molecule has 36 heteroatoms. The van der Waals surface area contributed by atoms with Crippen LogP contribution in [-0.2, 0) is 74.1 Å². The molecule has 2 aromatic rings. The smallest absolute Gasteiger partial charge is 0.445 e. The second kappa shape index (κ2) is 21.8. The summed E-state index contributed by atoms with van der Waals surface area (Å²) < 4.78 is 111. The van der Waals surface area contributed by atoms with Crippen LogP contribution in [0.4, 0.5) is 10.5 Å². The van der Waals surface area contributed by atoms with Gasteiger partial charge in [0.05, 0.1) is 24.2 Å². The molecule has 1 saturated heterocycles. The summed E-state index contributed by atoms with van der Waals surface area (Å²) in [5.41, 5.74) is -0.0301. The molecule has 8 N–H and O–H groups in total.